The van der Waals surface area contributed by atoms with E-state index in [1.54, 1.807) is 12.3 Å². The molecule has 0 unspecified atom stereocenters. The van der Waals surface area contributed by atoms with Crippen LogP contribution in [-0.2, 0) is 0 Å². The predicted molar refractivity (Wildman–Crippen MR) is 134 cm³/mol. The molecule has 0 spiro atoms. The first-order chi connectivity index (χ1) is 17.2. The zero-order valence-electron chi connectivity index (χ0n) is 19.3. The Kier molecular flexibility index (Phi) is 6.11. The van der Waals surface area contributed by atoms with Gasteiger partial charge in [-0.3, -0.25) is 0 Å². The van der Waals surface area contributed by atoms with Crippen molar-refractivity contribution in [2.45, 2.75) is 6.92 Å². The SMILES string of the molecule is CCOc1nc2nc(N3CCN(c4ccccn4)CC3)c(C#N)cc2c(-c2ccccc2)c1C#N. The molecule has 0 N–H and O–H groups in total. The van der Waals surface area contributed by atoms with Crippen LogP contribution in [0.25, 0.3) is 22.2 Å². The summed E-state index contributed by atoms with van der Waals surface area (Å²) in [6.07, 6.45) is 1.79. The summed E-state index contributed by atoms with van der Waals surface area (Å²) >= 11 is 0. The van der Waals surface area contributed by atoms with Gasteiger partial charge in [-0.05, 0) is 30.7 Å². The number of hydrogen-bond acceptors (Lipinski definition) is 8. The number of piperazine rings is 1. The number of rotatable bonds is 5. The average molecular weight is 462 g/mol. The number of pyridine rings is 3. The molecule has 1 aromatic carbocycles. The molecule has 0 amide bonds. The third-order valence-corrected chi connectivity index (χ3v) is 6.05. The number of benzene rings is 1. The molecule has 0 radical (unpaired) electrons. The smallest absolute Gasteiger partial charge is 0.234 e. The van der Waals surface area contributed by atoms with E-state index in [2.05, 4.69) is 31.9 Å². The van der Waals surface area contributed by atoms with Crippen molar-refractivity contribution in [1.82, 2.24) is 15.0 Å². The number of ether oxygens (including phenoxy) is 1. The van der Waals surface area contributed by atoms with Crippen molar-refractivity contribution in [3.8, 4) is 29.1 Å². The highest BCUT2D eigenvalue weighted by Gasteiger charge is 2.25. The largest absolute Gasteiger partial charge is 0.477 e. The zero-order chi connectivity index (χ0) is 24.2. The van der Waals surface area contributed by atoms with Crippen LogP contribution in [0, 0.1) is 22.7 Å². The van der Waals surface area contributed by atoms with Crippen LogP contribution in [0.3, 0.4) is 0 Å². The number of hydrogen-bond donors (Lipinski definition) is 0. The van der Waals surface area contributed by atoms with Crippen molar-refractivity contribution in [3.05, 3.63) is 71.9 Å². The molecule has 1 saturated heterocycles. The lowest BCUT2D eigenvalue weighted by molar-refractivity contribution is 0.327. The molecule has 172 valence electrons. The van der Waals surface area contributed by atoms with Crippen LogP contribution < -0.4 is 14.5 Å². The molecule has 0 aliphatic carbocycles. The maximum Gasteiger partial charge on any atom is 0.234 e. The van der Waals surface area contributed by atoms with E-state index in [9.17, 15) is 10.5 Å². The van der Waals surface area contributed by atoms with Crippen molar-refractivity contribution in [1.29, 1.82) is 10.5 Å². The fourth-order valence-corrected chi connectivity index (χ4v) is 4.42. The number of aromatic nitrogens is 3. The van der Waals surface area contributed by atoms with Gasteiger partial charge >= 0.3 is 0 Å². The minimum absolute atomic E-state index is 0.254. The maximum atomic E-state index is 10.0. The molecular formula is C27H23N7O. The second-order valence-electron chi connectivity index (χ2n) is 8.08. The first-order valence-electron chi connectivity index (χ1n) is 11.5. The fraction of sp³-hybridized carbons (Fsp3) is 0.222. The van der Waals surface area contributed by atoms with E-state index in [0.717, 1.165) is 24.5 Å². The van der Waals surface area contributed by atoms with E-state index in [1.807, 2.05) is 55.5 Å². The van der Waals surface area contributed by atoms with E-state index < -0.39 is 0 Å². The van der Waals surface area contributed by atoms with Crippen LogP contribution in [-0.4, -0.2) is 47.7 Å². The highest BCUT2D eigenvalue weighted by molar-refractivity contribution is 5.98. The second-order valence-corrected chi connectivity index (χ2v) is 8.08. The Morgan fingerprint density at radius 1 is 0.914 bits per heavy atom. The van der Waals surface area contributed by atoms with Crippen LogP contribution in [0.2, 0.25) is 0 Å². The van der Waals surface area contributed by atoms with Gasteiger partial charge in [0.1, 0.15) is 29.3 Å². The minimum Gasteiger partial charge on any atom is -0.477 e. The summed E-state index contributed by atoms with van der Waals surface area (Å²) in [5.41, 5.74) is 2.77. The van der Waals surface area contributed by atoms with E-state index in [0.29, 0.717) is 53.2 Å². The molecule has 1 aliphatic heterocycles. The predicted octanol–water partition coefficient (Wildman–Crippen LogP) is 4.16. The summed E-state index contributed by atoms with van der Waals surface area (Å²) in [5.74, 6) is 1.79. The van der Waals surface area contributed by atoms with Gasteiger partial charge in [-0.2, -0.15) is 15.5 Å². The second kappa shape index (κ2) is 9.66. The first-order valence-corrected chi connectivity index (χ1v) is 11.5. The molecule has 4 heterocycles. The van der Waals surface area contributed by atoms with Gasteiger partial charge in [-0.15, -0.1) is 0 Å². The Labute approximate surface area is 203 Å². The molecule has 8 nitrogen and oxygen atoms in total. The molecule has 3 aromatic heterocycles. The minimum atomic E-state index is 0.254. The van der Waals surface area contributed by atoms with Gasteiger partial charge in [-0.1, -0.05) is 36.4 Å². The van der Waals surface area contributed by atoms with Gasteiger partial charge < -0.3 is 14.5 Å². The molecule has 5 rings (SSSR count). The van der Waals surface area contributed by atoms with Gasteiger partial charge in [0, 0.05) is 43.3 Å². The molecule has 0 atom stereocenters. The van der Waals surface area contributed by atoms with E-state index >= 15 is 0 Å². The molecule has 0 saturated carbocycles. The standard InChI is InChI=1S/C27H23N7O/c1-2-35-27-22(18-29)24(19-8-4-3-5-9-19)21-16-20(17-28)26(31-25(21)32-27)34-14-12-33(13-15-34)23-10-6-7-11-30-23/h3-11,16H,2,12-15H2,1H3. The summed E-state index contributed by atoms with van der Waals surface area (Å²) in [5, 5.41) is 20.7. The first kappa shape index (κ1) is 22.1. The third-order valence-electron chi connectivity index (χ3n) is 6.05. The van der Waals surface area contributed by atoms with Crippen molar-refractivity contribution < 1.29 is 4.74 Å². The number of nitrogens with zero attached hydrogens (tertiary/aromatic N) is 7. The number of fused-ring (bicyclic) bond motifs is 1. The van der Waals surface area contributed by atoms with Crippen LogP contribution in [0.15, 0.2) is 60.8 Å². The highest BCUT2D eigenvalue weighted by atomic mass is 16.5. The molecule has 0 bridgehead atoms. The normalized spacial score (nSPS) is 13.3. The van der Waals surface area contributed by atoms with Crippen LogP contribution in [0.5, 0.6) is 5.88 Å². The van der Waals surface area contributed by atoms with Crippen molar-refractivity contribution >= 4 is 22.7 Å². The fourth-order valence-electron chi connectivity index (χ4n) is 4.42. The zero-order valence-corrected chi connectivity index (χ0v) is 19.3. The van der Waals surface area contributed by atoms with Crippen molar-refractivity contribution in [2.75, 3.05) is 42.6 Å². The van der Waals surface area contributed by atoms with E-state index in [-0.39, 0.29) is 5.88 Å². The highest BCUT2D eigenvalue weighted by Crippen LogP contribution is 2.37. The lowest BCUT2D eigenvalue weighted by atomic mass is 9.97. The molecular weight excluding hydrogens is 438 g/mol. The number of anilines is 2. The monoisotopic (exact) mass is 461 g/mol. The molecule has 8 heteroatoms. The summed E-state index contributed by atoms with van der Waals surface area (Å²) in [4.78, 5) is 18.2. The lowest BCUT2D eigenvalue weighted by Crippen LogP contribution is -2.47. The van der Waals surface area contributed by atoms with E-state index in [1.165, 1.54) is 0 Å². The van der Waals surface area contributed by atoms with Crippen LogP contribution in [0.1, 0.15) is 18.1 Å². The van der Waals surface area contributed by atoms with Gasteiger partial charge in [0.05, 0.1) is 12.2 Å². The Bertz CT molecular complexity index is 1430. The molecule has 1 fully saturated rings. The Morgan fingerprint density at radius 2 is 1.66 bits per heavy atom. The number of nitriles is 2. The summed E-state index contributed by atoms with van der Waals surface area (Å²) in [6, 6.07) is 21.9. The van der Waals surface area contributed by atoms with Crippen molar-refractivity contribution in [2.24, 2.45) is 0 Å². The Morgan fingerprint density at radius 3 is 2.31 bits per heavy atom. The summed E-state index contributed by atoms with van der Waals surface area (Å²) in [6.45, 7) is 5.16. The average Bonchev–Trinajstić information content (AvgIpc) is 2.93. The third kappa shape index (κ3) is 4.18. The van der Waals surface area contributed by atoms with E-state index in [4.69, 9.17) is 9.72 Å². The van der Waals surface area contributed by atoms with Gasteiger partial charge in [0.25, 0.3) is 0 Å². The maximum absolute atomic E-state index is 10.0. The summed E-state index contributed by atoms with van der Waals surface area (Å²) < 4.78 is 5.74. The van der Waals surface area contributed by atoms with Crippen LogP contribution >= 0.6 is 0 Å². The molecule has 1 aliphatic rings. The van der Waals surface area contributed by atoms with Gasteiger partial charge in [0.2, 0.25) is 5.88 Å². The Balaban J connectivity index is 1.60. The molecule has 35 heavy (non-hydrogen) atoms. The van der Waals surface area contributed by atoms with Crippen LogP contribution in [0.4, 0.5) is 11.6 Å². The van der Waals surface area contributed by atoms with Gasteiger partial charge in [-0.25, -0.2) is 9.97 Å². The summed E-state index contributed by atoms with van der Waals surface area (Å²) in [7, 11) is 0. The van der Waals surface area contributed by atoms with Crippen molar-refractivity contribution in [3.63, 3.8) is 0 Å². The van der Waals surface area contributed by atoms with Gasteiger partial charge in [0.15, 0.2) is 5.65 Å². The topological polar surface area (TPSA) is 102 Å². The molecule has 4 aromatic rings. The Hall–Kier alpha value is -4.69. The lowest BCUT2D eigenvalue weighted by Gasteiger charge is -2.36. The quantitative estimate of drug-likeness (QED) is 0.437.